The fourth-order valence-corrected chi connectivity index (χ4v) is 4.83. The average molecular weight is 489 g/mol. The maximum Gasteiger partial charge on any atom is 0.150 e. The Hall–Kier alpha value is -4.34. The Morgan fingerprint density at radius 3 is 1.69 bits per heavy atom. The molecule has 0 N–H and O–H groups in total. The van der Waals surface area contributed by atoms with Crippen LogP contribution in [0.4, 0.5) is 28.4 Å². The van der Waals surface area contributed by atoms with E-state index in [0.29, 0.717) is 10.6 Å². The highest BCUT2D eigenvalue weighted by atomic mass is 35.5. The first kappa shape index (κ1) is 23.4. The Balaban J connectivity index is 1.64. The van der Waals surface area contributed by atoms with E-state index in [1.54, 1.807) is 0 Å². The Labute approximate surface area is 216 Å². The van der Waals surface area contributed by atoms with Crippen molar-refractivity contribution in [3.05, 3.63) is 138 Å². The number of carbonyl (C=O) groups excluding carboxylic acids is 1. The molecule has 36 heavy (non-hydrogen) atoms. The van der Waals surface area contributed by atoms with Crippen LogP contribution in [-0.4, -0.2) is 13.3 Å². The second kappa shape index (κ2) is 10.5. The number of hydrogen-bond donors (Lipinski definition) is 0. The lowest BCUT2D eigenvalue weighted by Crippen LogP contribution is -2.14. The quantitative estimate of drug-likeness (QED) is 0.213. The maximum atomic E-state index is 11.8. The van der Waals surface area contributed by atoms with E-state index in [2.05, 4.69) is 34.1 Å². The Kier molecular flexibility index (Phi) is 6.83. The van der Waals surface area contributed by atoms with Crippen molar-refractivity contribution < 1.29 is 4.79 Å². The first-order chi connectivity index (χ1) is 17.7. The van der Waals surface area contributed by atoms with Gasteiger partial charge in [-0.1, -0.05) is 96.5 Å². The number of nitrogens with zero attached hydrogens (tertiary/aromatic N) is 2. The lowest BCUT2D eigenvalue weighted by Gasteiger charge is -2.30. The van der Waals surface area contributed by atoms with E-state index >= 15 is 0 Å². The van der Waals surface area contributed by atoms with E-state index in [-0.39, 0.29) is 0 Å². The largest absolute Gasteiger partial charge is 0.343 e. The van der Waals surface area contributed by atoms with Crippen molar-refractivity contribution in [3.63, 3.8) is 0 Å². The van der Waals surface area contributed by atoms with Crippen LogP contribution in [0, 0.1) is 0 Å². The van der Waals surface area contributed by atoms with Crippen LogP contribution >= 0.6 is 11.6 Å². The minimum absolute atomic E-state index is 0.631. The van der Waals surface area contributed by atoms with Gasteiger partial charge in [-0.15, -0.1) is 0 Å². The number of para-hydroxylation sites is 3. The minimum atomic E-state index is 0.631. The Bertz CT molecular complexity index is 1450. The summed E-state index contributed by atoms with van der Waals surface area (Å²) in [6, 6.07) is 42.2. The van der Waals surface area contributed by atoms with Gasteiger partial charge in [0.2, 0.25) is 0 Å². The number of anilines is 5. The monoisotopic (exact) mass is 488 g/mol. The first-order valence-corrected chi connectivity index (χ1v) is 12.1. The zero-order chi connectivity index (χ0) is 24.9. The first-order valence-electron chi connectivity index (χ1n) is 11.7. The molecule has 5 rings (SSSR count). The highest BCUT2D eigenvalue weighted by Crippen LogP contribution is 2.45. The van der Waals surface area contributed by atoms with Crippen LogP contribution in [0.25, 0.3) is 11.1 Å². The second-order valence-electron chi connectivity index (χ2n) is 8.40. The van der Waals surface area contributed by atoms with Gasteiger partial charge in [0.1, 0.15) is 0 Å². The highest BCUT2D eigenvalue weighted by Gasteiger charge is 2.20. The zero-order valence-corrected chi connectivity index (χ0v) is 20.6. The third-order valence-corrected chi connectivity index (χ3v) is 6.62. The number of benzene rings is 5. The van der Waals surface area contributed by atoms with Crippen LogP contribution < -0.4 is 9.80 Å². The molecule has 0 amide bonds. The van der Waals surface area contributed by atoms with Gasteiger partial charge in [0.15, 0.2) is 6.29 Å². The minimum Gasteiger partial charge on any atom is -0.343 e. The fraction of sp³-hybridized carbons (Fsp3) is 0.0312. The molecule has 5 aromatic rings. The van der Waals surface area contributed by atoms with Gasteiger partial charge in [0.05, 0.1) is 16.4 Å². The molecule has 0 radical (unpaired) electrons. The van der Waals surface area contributed by atoms with Gasteiger partial charge in [-0.25, -0.2) is 0 Å². The summed E-state index contributed by atoms with van der Waals surface area (Å²) < 4.78 is 0. The molecule has 0 aliphatic carbocycles. The molecule has 0 aliphatic heterocycles. The third-order valence-electron chi connectivity index (χ3n) is 6.23. The molecular formula is C32H25ClN2O. The van der Waals surface area contributed by atoms with Crippen molar-refractivity contribution in [1.29, 1.82) is 0 Å². The van der Waals surface area contributed by atoms with Gasteiger partial charge in [0.25, 0.3) is 0 Å². The Morgan fingerprint density at radius 2 is 1.06 bits per heavy atom. The summed E-state index contributed by atoms with van der Waals surface area (Å²) in [6.45, 7) is 0. The van der Waals surface area contributed by atoms with Crippen LogP contribution in [0.15, 0.2) is 127 Å². The molecule has 0 bridgehead atoms. The van der Waals surface area contributed by atoms with E-state index in [1.165, 1.54) is 0 Å². The van der Waals surface area contributed by atoms with Gasteiger partial charge >= 0.3 is 0 Å². The second-order valence-corrected chi connectivity index (χ2v) is 8.78. The molecule has 0 aliphatic rings. The molecule has 0 fully saturated rings. The van der Waals surface area contributed by atoms with Crippen molar-refractivity contribution in [2.75, 3.05) is 16.8 Å². The van der Waals surface area contributed by atoms with Crippen LogP contribution in [0.2, 0.25) is 5.02 Å². The summed E-state index contributed by atoms with van der Waals surface area (Å²) >= 11 is 7.17. The molecule has 0 aromatic heterocycles. The Morgan fingerprint density at radius 1 is 0.556 bits per heavy atom. The maximum absolute atomic E-state index is 11.8. The van der Waals surface area contributed by atoms with Crippen molar-refractivity contribution in [2.45, 2.75) is 0 Å². The van der Waals surface area contributed by atoms with Crippen molar-refractivity contribution in [1.82, 2.24) is 0 Å². The molecule has 3 nitrogen and oxygen atoms in total. The molecule has 0 saturated carbocycles. The van der Waals surface area contributed by atoms with E-state index < -0.39 is 0 Å². The molecule has 0 atom stereocenters. The van der Waals surface area contributed by atoms with Crippen molar-refractivity contribution in [3.8, 4) is 11.1 Å². The van der Waals surface area contributed by atoms with Gasteiger partial charge in [-0.2, -0.15) is 0 Å². The molecular weight excluding hydrogens is 464 g/mol. The molecule has 0 heterocycles. The summed E-state index contributed by atoms with van der Waals surface area (Å²) in [6.07, 6.45) is 0.900. The molecule has 0 saturated heterocycles. The van der Waals surface area contributed by atoms with E-state index in [1.807, 2.05) is 110 Å². The lowest BCUT2D eigenvalue weighted by molar-refractivity contribution is 0.112. The average Bonchev–Trinajstić information content (AvgIpc) is 2.95. The molecule has 4 heteroatoms. The summed E-state index contributed by atoms with van der Waals surface area (Å²) in [5.74, 6) is 0. The van der Waals surface area contributed by atoms with Gasteiger partial charge in [0, 0.05) is 35.2 Å². The number of carbonyl (C=O) groups is 1. The van der Waals surface area contributed by atoms with Crippen molar-refractivity contribution >= 4 is 46.3 Å². The van der Waals surface area contributed by atoms with Crippen molar-refractivity contribution in [2.24, 2.45) is 0 Å². The third kappa shape index (κ3) is 4.49. The zero-order valence-electron chi connectivity index (χ0n) is 19.9. The number of rotatable bonds is 7. The number of halogens is 1. The SMILES string of the molecule is CN(c1ccccc1-c1ccccc1C=O)c1cccc(N(c2ccccc2)c2ccccc2)c1Cl. The van der Waals surface area contributed by atoms with E-state index in [0.717, 1.165) is 45.8 Å². The topological polar surface area (TPSA) is 23.6 Å². The molecule has 176 valence electrons. The summed E-state index contributed by atoms with van der Waals surface area (Å²) in [5.41, 5.74) is 7.24. The van der Waals surface area contributed by atoms with Crippen LogP contribution in [-0.2, 0) is 0 Å². The van der Waals surface area contributed by atoms with E-state index in [9.17, 15) is 4.79 Å². The molecule has 0 spiro atoms. The summed E-state index contributed by atoms with van der Waals surface area (Å²) in [4.78, 5) is 16.0. The predicted molar refractivity (Wildman–Crippen MR) is 151 cm³/mol. The fourth-order valence-electron chi connectivity index (χ4n) is 4.49. The van der Waals surface area contributed by atoms with Crippen LogP contribution in [0.5, 0.6) is 0 Å². The van der Waals surface area contributed by atoms with Crippen LogP contribution in [0.1, 0.15) is 10.4 Å². The van der Waals surface area contributed by atoms with Crippen LogP contribution in [0.3, 0.4) is 0 Å². The summed E-state index contributed by atoms with van der Waals surface area (Å²) in [5, 5.41) is 0.631. The number of hydrogen-bond acceptors (Lipinski definition) is 3. The predicted octanol–water partition coefficient (Wildman–Crippen LogP) is 9.06. The van der Waals surface area contributed by atoms with Gasteiger partial charge in [-0.05, 0) is 48.0 Å². The molecule has 0 unspecified atom stereocenters. The highest BCUT2D eigenvalue weighted by molar-refractivity contribution is 6.36. The van der Waals surface area contributed by atoms with E-state index in [4.69, 9.17) is 11.6 Å². The van der Waals surface area contributed by atoms with Gasteiger partial charge in [-0.3, -0.25) is 4.79 Å². The smallest absolute Gasteiger partial charge is 0.150 e. The number of aldehydes is 1. The summed E-state index contributed by atoms with van der Waals surface area (Å²) in [7, 11) is 2.00. The standard InChI is InChI=1S/C32H25ClN2O/c1-34(29-20-11-10-19-28(29)27-18-9-8-13-24(27)23-36)30-21-12-22-31(32(30)33)35(25-14-4-2-5-15-25)26-16-6-3-7-17-26/h2-23H,1H3. The van der Waals surface area contributed by atoms with Gasteiger partial charge < -0.3 is 9.80 Å². The lowest BCUT2D eigenvalue weighted by atomic mass is 9.98. The normalized spacial score (nSPS) is 10.6. The molecule has 5 aromatic carbocycles.